The second-order valence-electron chi connectivity index (χ2n) is 6.32. The van der Waals surface area contributed by atoms with E-state index in [1.165, 1.54) is 4.90 Å². The van der Waals surface area contributed by atoms with Crippen molar-refractivity contribution in [3.8, 4) is 6.07 Å². The molecular formula is C19H20N4O4. The Bertz CT molecular complexity index is 892. The lowest BCUT2D eigenvalue weighted by Crippen LogP contribution is -2.36. The van der Waals surface area contributed by atoms with E-state index in [1.807, 2.05) is 18.2 Å². The molecule has 0 atom stereocenters. The highest BCUT2D eigenvalue weighted by Crippen LogP contribution is 2.19. The van der Waals surface area contributed by atoms with E-state index in [9.17, 15) is 20.0 Å². The molecule has 2 aromatic rings. The van der Waals surface area contributed by atoms with Gasteiger partial charge in [-0.2, -0.15) is 5.26 Å². The first-order chi connectivity index (χ1) is 13.1. The number of imidazole rings is 1. The molecule has 8 heteroatoms. The highest BCUT2D eigenvalue weighted by Gasteiger charge is 2.21. The Kier molecular flexibility index (Phi) is 5.71. The molecule has 0 aliphatic carbocycles. The van der Waals surface area contributed by atoms with Crippen molar-refractivity contribution < 1.29 is 19.4 Å². The highest BCUT2D eigenvalue weighted by molar-refractivity contribution is 5.84. The minimum atomic E-state index is -0.626. The van der Waals surface area contributed by atoms with Crippen LogP contribution in [0.5, 0.6) is 0 Å². The number of allylic oxidation sites excluding steroid dienone is 1. The summed E-state index contributed by atoms with van der Waals surface area (Å²) in [5.41, 5.74) is 1.29. The molecule has 1 aromatic heterocycles. The van der Waals surface area contributed by atoms with Gasteiger partial charge in [0, 0.05) is 13.0 Å². The van der Waals surface area contributed by atoms with Crippen LogP contribution in [0.4, 0.5) is 0 Å². The number of aromatic amines is 1. The fourth-order valence-corrected chi connectivity index (χ4v) is 2.95. The van der Waals surface area contributed by atoms with Crippen LogP contribution in [0.1, 0.15) is 31.5 Å². The number of para-hydroxylation sites is 2. The second kappa shape index (κ2) is 8.36. The third kappa shape index (κ3) is 4.44. The average molecular weight is 368 g/mol. The number of ether oxygens (including phenoxy) is 1. The molecule has 2 heterocycles. The standard InChI is InChI=1S/C19H20N4O4/c20-10-13(19-21-14-6-3-4-7-15(14)22-19)16(24)12-27-18(26)11-23-9-5-1-2-8-17(23)25/h3-4,6-7,24H,1-2,5,8-9,11-12H2,(H,21,22)/b16-13-. The van der Waals surface area contributed by atoms with Gasteiger partial charge < -0.3 is 19.7 Å². The van der Waals surface area contributed by atoms with Crippen molar-refractivity contribution in [1.82, 2.24) is 14.9 Å². The Morgan fingerprint density at radius 1 is 1.33 bits per heavy atom. The van der Waals surface area contributed by atoms with Gasteiger partial charge in [-0.25, -0.2) is 4.98 Å². The third-order valence-electron chi connectivity index (χ3n) is 4.39. The van der Waals surface area contributed by atoms with E-state index in [0.29, 0.717) is 18.5 Å². The van der Waals surface area contributed by atoms with Gasteiger partial charge in [0.1, 0.15) is 24.8 Å². The normalized spacial score (nSPS) is 15.8. The summed E-state index contributed by atoms with van der Waals surface area (Å²) in [4.78, 5) is 32.6. The molecule has 140 valence electrons. The highest BCUT2D eigenvalue weighted by atomic mass is 16.5. The van der Waals surface area contributed by atoms with Crippen LogP contribution in [0.3, 0.4) is 0 Å². The zero-order chi connectivity index (χ0) is 19.2. The van der Waals surface area contributed by atoms with Crippen LogP contribution in [-0.4, -0.2) is 51.5 Å². The number of H-pyrrole nitrogens is 1. The van der Waals surface area contributed by atoms with Gasteiger partial charge in [-0.3, -0.25) is 9.59 Å². The van der Waals surface area contributed by atoms with Crippen molar-refractivity contribution in [3.05, 3.63) is 35.8 Å². The van der Waals surface area contributed by atoms with Crippen LogP contribution in [0.25, 0.3) is 16.6 Å². The molecule has 0 saturated carbocycles. The lowest BCUT2D eigenvalue weighted by atomic mass is 10.2. The number of aliphatic hydroxyl groups excluding tert-OH is 1. The fraction of sp³-hybridized carbons (Fsp3) is 0.368. The lowest BCUT2D eigenvalue weighted by Gasteiger charge is -2.19. The number of benzene rings is 1. The van der Waals surface area contributed by atoms with E-state index in [4.69, 9.17) is 4.74 Å². The molecule has 0 spiro atoms. The average Bonchev–Trinajstić information content (AvgIpc) is 2.98. The summed E-state index contributed by atoms with van der Waals surface area (Å²) in [6, 6.07) is 9.10. The predicted molar refractivity (Wildman–Crippen MR) is 97.3 cm³/mol. The SMILES string of the molecule is N#C/C(=C(/O)COC(=O)CN1CCCCCC1=O)c1nc2ccccc2[nH]1. The number of nitriles is 1. The van der Waals surface area contributed by atoms with E-state index >= 15 is 0 Å². The van der Waals surface area contributed by atoms with Crippen LogP contribution in [-0.2, 0) is 14.3 Å². The van der Waals surface area contributed by atoms with Gasteiger partial charge in [-0.1, -0.05) is 18.6 Å². The number of nitrogens with one attached hydrogen (secondary N) is 1. The molecule has 1 aliphatic heterocycles. The van der Waals surface area contributed by atoms with Gasteiger partial charge in [0.2, 0.25) is 5.91 Å². The number of likely N-dealkylation sites (tertiary alicyclic amines) is 1. The first-order valence-electron chi connectivity index (χ1n) is 8.79. The number of fused-ring (bicyclic) bond motifs is 1. The van der Waals surface area contributed by atoms with Crippen LogP contribution in [0, 0.1) is 11.3 Å². The van der Waals surface area contributed by atoms with Gasteiger partial charge in [-0.05, 0) is 25.0 Å². The number of hydrogen-bond donors (Lipinski definition) is 2. The maximum Gasteiger partial charge on any atom is 0.326 e. The maximum atomic E-state index is 12.0. The van der Waals surface area contributed by atoms with E-state index < -0.39 is 18.3 Å². The van der Waals surface area contributed by atoms with E-state index in [1.54, 1.807) is 12.1 Å². The molecule has 0 radical (unpaired) electrons. The summed E-state index contributed by atoms with van der Waals surface area (Å²) in [7, 11) is 0. The first-order valence-corrected chi connectivity index (χ1v) is 8.79. The molecular weight excluding hydrogens is 348 g/mol. The molecule has 3 rings (SSSR count). The molecule has 0 bridgehead atoms. The third-order valence-corrected chi connectivity index (χ3v) is 4.39. The molecule has 2 N–H and O–H groups in total. The number of rotatable bonds is 5. The van der Waals surface area contributed by atoms with Crippen molar-refractivity contribution in [2.45, 2.75) is 25.7 Å². The summed E-state index contributed by atoms with van der Waals surface area (Å²) in [6.07, 6.45) is 3.08. The summed E-state index contributed by atoms with van der Waals surface area (Å²) >= 11 is 0. The van der Waals surface area contributed by atoms with E-state index in [0.717, 1.165) is 24.8 Å². The molecule has 1 saturated heterocycles. The number of aromatic nitrogens is 2. The molecule has 8 nitrogen and oxygen atoms in total. The Hall–Kier alpha value is -3.34. The second-order valence-corrected chi connectivity index (χ2v) is 6.32. The summed E-state index contributed by atoms with van der Waals surface area (Å²) in [5, 5.41) is 19.5. The minimum absolute atomic E-state index is 0.0656. The Labute approximate surface area is 156 Å². The number of carbonyl (C=O) groups excluding carboxylic acids is 2. The van der Waals surface area contributed by atoms with Crippen molar-refractivity contribution >= 4 is 28.5 Å². The van der Waals surface area contributed by atoms with Gasteiger partial charge >= 0.3 is 5.97 Å². The topological polar surface area (TPSA) is 119 Å². The first kappa shape index (κ1) is 18.5. The molecule has 1 amide bonds. The lowest BCUT2D eigenvalue weighted by molar-refractivity contribution is -0.148. The van der Waals surface area contributed by atoms with E-state index in [-0.39, 0.29) is 23.8 Å². The van der Waals surface area contributed by atoms with Crippen molar-refractivity contribution in [3.63, 3.8) is 0 Å². The fourth-order valence-electron chi connectivity index (χ4n) is 2.95. The number of nitrogens with zero attached hydrogens (tertiary/aromatic N) is 3. The van der Waals surface area contributed by atoms with Gasteiger partial charge in [-0.15, -0.1) is 0 Å². The van der Waals surface area contributed by atoms with E-state index in [2.05, 4.69) is 9.97 Å². The monoisotopic (exact) mass is 368 g/mol. The number of esters is 1. The molecule has 27 heavy (non-hydrogen) atoms. The smallest absolute Gasteiger partial charge is 0.326 e. The predicted octanol–water partition coefficient (Wildman–Crippen LogP) is 2.30. The number of hydrogen-bond acceptors (Lipinski definition) is 6. The van der Waals surface area contributed by atoms with Crippen molar-refractivity contribution in [2.75, 3.05) is 19.7 Å². The number of aliphatic hydroxyl groups is 1. The van der Waals surface area contributed by atoms with Crippen LogP contribution < -0.4 is 0 Å². The summed E-state index contributed by atoms with van der Waals surface area (Å²) in [5.74, 6) is -0.884. The Morgan fingerprint density at radius 3 is 2.93 bits per heavy atom. The summed E-state index contributed by atoms with van der Waals surface area (Å²) in [6.45, 7) is -0.0857. The van der Waals surface area contributed by atoms with Crippen LogP contribution >= 0.6 is 0 Å². The van der Waals surface area contributed by atoms with Crippen LogP contribution in [0.2, 0.25) is 0 Å². The quantitative estimate of drug-likeness (QED) is 0.475. The largest absolute Gasteiger partial charge is 0.507 e. The zero-order valence-corrected chi connectivity index (χ0v) is 14.8. The minimum Gasteiger partial charge on any atom is -0.507 e. The molecule has 1 aliphatic rings. The van der Waals surface area contributed by atoms with Gasteiger partial charge in [0.05, 0.1) is 11.0 Å². The molecule has 0 unspecified atom stereocenters. The van der Waals surface area contributed by atoms with Crippen LogP contribution in [0.15, 0.2) is 30.0 Å². The zero-order valence-electron chi connectivity index (χ0n) is 14.8. The summed E-state index contributed by atoms with van der Waals surface area (Å²) < 4.78 is 5.04. The molecule has 1 fully saturated rings. The van der Waals surface area contributed by atoms with Crippen molar-refractivity contribution in [2.24, 2.45) is 0 Å². The Balaban J connectivity index is 1.65. The number of amides is 1. The van der Waals surface area contributed by atoms with Gasteiger partial charge in [0.15, 0.2) is 11.6 Å². The Morgan fingerprint density at radius 2 is 2.15 bits per heavy atom. The maximum absolute atomic E-state index is 12.0. The van der Waals surface area contributed by atoms with Crippen molar-refractivity contribution in [1.29, 1.82) is 5.26 Å². The molecule has 1 aromatic carbocycles. The number of carbonyl (C=O) groups is 2. The van der Waals surface area contributed by atoms with Gasteiger partial charge in [0.25, 0.3) is 0 Å².